The number of rotatable bonds is 2. The lowest BCUT2D eigenvalue weighted by Gasteiger charge is -2.33. The average Bonchev–Trinajstić information content (AvgIpc) is 2.29. The van der Waals surface area contributed by atoms with Gasteiger partial charge >= 0.3 is 0 Å². The summed E-state index contributed by atoms with van der Waals surface area (Å²) in [5, 5.41) is 0. The maximum absolute atomic E-state index is 5.47. The average molecular weight is 232 g/mol. The van der Waals surface area contributed by atoms with Crippen LogP contribution in [0.5, 0.6) is 5.75 Å². The second-order valence-corrected chi connectivity index (χ2v) is 5.78. The Morgan fingerprint density at radius 1 is 1.18 bits per heavy atom. The first kappa shape index (κ1) is 12.5. The van der Waals surface area contributed by atoms with Crippen LogP contribution in [0, 0.1) is 12.8 Å². The van der Waals surface area contributed by atoms with Crippen molar-refractivity contribution in [2.45, 2.75) is 52.4 Å². The Morgan fingerprint density at radius 3 is 2.47 bits per heavy atom. The van der Waals surface area contributed by atoms with Gasteiger partial charge in [0, 0.05) is 0 Å². The van der Waals surface area contributed by atoms with Gasteiger partial charge in [-0.25, -0.2) is 0 Å². The van der Waals surface area contributed by atoms with Crippen molar-refractivity contribution in [3.63, 3.8) is 0 Å². The number of hydrogen-bond acceptors (Lipinski definition) is 1. The molecular weight excluding hydrogens is 208 g/mol. The van der Waals surface area contributed by atoms with Crippen molar-refractivity contribution in [1.82, 2.24) is 0 Å². The van der Waals surface area contributed by atoms with Gasteiger partial charge in [-0.15, -0.1) is 0 Å². The molecule has 0 saturated carbocycles. The maximum atomic E-state index is 5.47. The fraction of sp³-hybridized carbons (Fsp3) is 0.625. The molecule has 17 heavy (non-hydrogen) atoms. The minimum absolute atomic E-state index is 0.699. The van der Waals surface area contributed by atoms with Crippen LogP contribution in [-0.4, -0.2) is 7.11 Å². The van der Waals surface area contributed by atoms with Crippen molar-refractivity contribution < 1.29 is 4.74 Å². The number of hydrogen-bond donors (Lipinski definition) is 0. The van der Waals surface area contributed by atoms with Crippen LogP contribution in [0.4, 0.5) is 0 Å². The smallest absolute Gasteiger partial charge is 0.122 e. The van der Waals surface area contributed by atoms with Crippen molar-refractivity contribution in [1.29, 1.82) is 0 Å². The topological polar surface area (TPSA) is 9.23 Å². The van der Waals surface area contributed by atoms with Gasteiger partial charge in [-0.05, 0) is 60.3 Å². The van der Waals surface area contributed by atoms with Gasteiger partial charge in [0.1, 0.15) is 5.75 Å². The third-order valence-corrected chi connectivity index (χ3v) is 4.25. The Labute approximate surface area is 105 Å². The number of benzene rings is 1. The molecule has 0 saturated heterocycles. The third kappa shape index (κ3) is 2.20. The highest BCUT2D eigenvalue weighted by Gasteiger charge is 2.27. The highest BCUT2D eigenvalue weighted by molar-refractivity contribution is 5.46. The Balaban J connectivity index is 2.52. The first-order chi connectivity index (χ1) is 8.04. The molecule has 1 heteroatoms. The zero-order valence-corrected chi connectivity index (χ0v) is 11.7. The summed E-state index contributed by atoms with van der Waals surface area (Å²) < 4.78 is 5.47. The Hall–Kier alpha value is -0.980. The van der Waals surface area contributed by atoms with Gasteiger partial charge < -0.3 is 4.74 Å². The van der Waals surface area contributed by atoms with E-state index in [1.54, 1.807) is 12.7 Å². The third-order valence-electron chi connectivity index (χ3n) is 4.25. The Morgan fingerprint density at radius 2 is 1.88 bits per heavy atom. The van der Waals surface area contributed by atoms with Crippen molar-refractivity contribution >= 4 is 0 Å². The number of ether oxygens (including phenoxy) is 1. The first-order valence-electron chi connectivity index (χ1n) is 6.73. The number of aryl methyl sites for hydroxylation is 1. The van der Waals surface area contributed by atoms with E-state index < -0.39 is 0 Å². The number of fused-ring (bicyclic) bond motifs is 1. The molecule has 1 aliphatic rings. The number of methoxy groups -OCH3 is 1. The molecule has 0 bridgehead atoms. The highest BCUT2D eigenvalue weighted by atomic mass is 16.5. The van der Waals surface area contributed by atoms with Crippen LogP contribution in [0.15, 0.2) is 12.1 Å². The standard InChI is InChI=1S/C16H24O/c1-10(2)13-7-6-11(3)14-8-12(4)16(17-5)9-15(13)14/h8-11,13H,6-7H2,1-5H3/t11-,13+/m1/s1. The molecule has 0 spiro atoms. The van der Waals surface area contributed by atoms with E-state index in [1.165, 1.54) is 24.0 Å². The van der Waals surface area contributed by atoms with Gasteiger partial charge in [0.25, 0.3) is 0 Å². The summed E-state index contributed by atoms with van der Waals surface area (Å²) in [5.41, 5.74) is 4.34. The molecule has 0 radical (unpaired) electrons. The van der Waals surface area contributed by atoms with E-state index in [4.69, 9.17) is 4.74 Å². The van der Waals surface area contributed by atoms with Crippen molar-refractivity contribution in [2.75, 3.05) is 7.11 Å². The zero-order chi connectivity index (χ0) is 12.6. The molecule has 0 aliphatic heterocycles. The quantitative estimate of drug-likeness (QED) is 0.721. The molecule has 2 atom stereocenters. The SMILES string of the molecule is COc1cc2c(cc1C)[C@H](C)CC[C@H]2C(C)C. The summed E-state index contributed by atoms with van der Waals surface area (Å²) >= 11 is 0. The summed E-state index contributed by atoms with van der Waals surface area (Å²) in [6, 6.07) is 4.62. The summed E-state index contributed by atoms with van der Waals surface area (Å²) in [6.45, 7) is 9.15. The maximum Gasteiger partial charge on any atom is 0.122 e. The molecule has 1 aromatic carbocycles. The van der Waals surface area contributed by atoms with Crippen molar-refractivity contribution in [3.8, 4) is 5.75 Å². The molecule has 0 N–H and O–H groups in total. The molecular formula is C16H24O. The van der Waals surface area contributed by atoms with E-state index >= 15 is 0 Å². The minimum Gasteiger partial charge on any atom is -0.496 e. The van der Waals surface area contributed by atoms with Crippen molar-refractivity contribution in [2.24, 2.45) is 5.92 Å². The van der Waals surface area contributed by atoms with Crippen LogP contribution >= 0.6 is 0 Å². The van der Waals surface area contributed by atoms with Gasteiger partial charge in [0.15, 0.2) is 0 Å². The second kappa shape index (κ2) is 4.72. The lowest BCUT2D eigenvalue weighted by molar-refractivity contribution is 0.393. The fourth-order valence-corrected chi connectivity index (χ4v) is 3.13. The Bertz CT molecular complexity index is 406. The van der Waals surface area contributed by atoms with E-state index in [-0.39, 0.29) is 0 Å². The van der Waals surface area contributed by atoms with Gasteiger partial charge in [-0.3, -0.25) is 0 Å². The van der Waals surface area contributed by atoms with E-state index in [0.29, 0.717) is 17.8 Å². The van der Waals surface area contributed by atoms with Crippen molar-refractivity contribution in [3.05, 3.63) is 28.8 Å². The molecule has 0 fully saturated rings. The monoisotopic (exact) mass is 232 g/mol. The zero-order valence-electron chi connectivity index (χ0n) is 11.7. The van der Waals surface area contributed by atoms with Gasteiger partial charge in [-0.1, -0.05) is 26.8 Å². The summed E-state index contributed by atoms with van der Waals surface area (Å²) in [4.78, 5) is 0. The van der Waals surface area contributed by atoms with Crippen LogP contribution in [0.2, 0.25) is 0 Å². The first-order valence-corrected chi connectivity index (χ1v) is 6.73. The Kier molecular flexibility index (Phi) is 3.46. The van der Waals surface area contributed by atoms with Crippen LogP contribution in [0.1, 0.15) is 62.1 Å². The molecule has 0 heterocycles. The minimum atomic E-state index is 0.699. The molecule has 0 amide bonds. The van der Waals surface area contributed by atoms with Gasteiger partial charge in [0.05, 0.1) is 7.11 Å². The van der Waals surface area contributed by atoms with Gasteiger partial charge in [-0.2, -0.15) is 0 Å². The highest BCUT2D eigenvalue weighted by Crippen LogP contribution is 2.44. The van der Waals surface area contributed by atoms with E-state index in [1.807, 2.05) is 0 Å². The molecule has 2 rings (SSSR count). The summed E-state index contributed by atoms with van der Waals surface area (Å²) in [7, 11) is 1.77. The summed E-state index contributed by atoms with van der Waals surface area (Å²) in [6.07, 6.45) is 2.64. The molecule has 1 aromatic rings. The largest absolute Gasteiger partial charge is 0.496 e. The second-order valence-electron chi connectivity index (χ2n) is 5.78. The van der Waals surface area contributed by atoms with Crippen LogP contribution < -0.4 is 4.74 Å². The predicted octanol–water partition coefficient (Wildman–Crippen LogP) is 4.64. The molecule has 0 unspecified atom stereocenters. The molecule has 0 aromatic heterocycles. The fourth-order valence-electron chi connectivity index (χ4n) is 3.13. The van der Waals surface area contributed by atoms with E-state index in [2.05, 4.69) is 39.8 Å². The van der Waals surface area contributed by atoms with Crippen LogP contribution in [-0.2, 0) is 0 Å². The molecule has 1 nitrogen and oxygen atoms in total. The van der Waals surface area contributed by atoms with Crippen LogP contribution in [0.3, 0.4) is 0 Å². The molecule has 94 valence electrons. The predicted molar refractivity (Wildman–Crippen MR) is 73.0 cm³/mol. The normalized spacial score (nSPS) is 23.6. The van der Waals surface area contributed by atoms with E-state index in [9.17, 15) is 0 Å². The summed E-state index contributed by atoms with van der Waals surface area (Å²) in [5.74, 6) is 3.16. The van der Waals surface area contributed by atoms with Crippen LogP contribution in [0.25, 0.3) is 0 Å². The lowest BCUT2D eigenvalue weighted by atomic mass is 9.72. The lowest BCUT2D eigenvalue weighted by Crippen LogP contribution is -2.17. The van der Waals surface area contributed by atoms with E-state index in [0.717, 1.165) is 5.75 Å². The van der Waals surface area contributed by atoms with Gasteiger partial charge in [0.2, 0.25) is 0 Å². The molecule has 1 aliphatic carbocycles.